The number of aliphatic hydroxyl groups is 2. The highest BCUT2D eigenvalue weighted by atomic mass is 32.2. The van der Waals surface area contributed by atoms with E-state index in [2.05, 4.69) is 9.97 Å². The van der Waals surface area contributed by atoms with E-state index in [1.54, 1.807) is 12.4 Å². The minimum atomic E-state index is 0.139. The van der Waals surface area contributed by atoms with Gasteiger partial charge in [0, 0.05) is 11.5 Å². The third-order valence-electron chi connectivity index (χ3n) is 1.27. The van der Waals surface area contributed by atoms with Crippen molar-refractivity contribution in [1.82, 2.24) is 9.97 Å². The molecular formula is C8H12N2O2S2. The van der Waals surface area contributed by atoms with Crippen LogP contribution in [0, 0.1) is 0 Å². The molecule has 0 aromatic carbocycles. The third-order valence-corrected chi connectivity index (χ3v) is 3.03. The first-order valence-electron chi connectivity index (χ1n) is 4.16. The summed E-state index contributed by atoms with van der Waals surface area (Å²) >= 11 is 2.94. The van der Waals surface area contributed by atoms with Gasteiger partial charge in [-0.15, -0.1) is 23.5 Å². The van der Waals surface area contributed by atoms with Crippen LogP contribution in [-0.4, -0.2) is 44.9 Å². The summed E-state index contributed by atoms with van der Waals surface area (Å²) in [5.74, 6) is 1.26. The van der Waals surface area contributed by atoms with Gasteiger partial charge in [0.25, 0.3) is 0 Å². The first kappa shape index (κ1) is 11.8. The van der Waals surface area contributed by atoms with E-state index in [4.69, 9.17) is 10.2 Å². The molecule has 78 valence electrons. The molecule has 0 radical (unpaired) electrons. The Kier molecular flexibility index (Phi) is 5.93. The lowest BCUT2D eigenvalue weighted by Crippen LogP contribution is -1.92. The van der Waals surface area contributed by atoms with Gasteiger partial charge in [-0.2, -0.15) is 0 Å². The van der Waals surface area contributed by atoms with E-state index in [9.17, 15) is 0 Å². The summed E-state index contributed by atoms with van der Waals surface area (Å²) in [6.45, 7) is 0.278. The van der Waals surface area contributed by atoms with Crippen molar-refractivity contribution in [2.45, 2.75) is 10.1 Å². The van der Waals surface area contributed by atoms with Gasteiger partial charge in [0.05, 0.1) is 25.6 Å². The van der Waals surface area contributed by atoms with Crippen molar-refractivity contribution < 1.29 is 10.2 Å². The molecule has 4 nitrogen and oxygen atoms in total. The van der Waals surface area contributed by atoms with Crippen molar-refractivity contribution in [3.8, 4) is 0 Å². The molecule has 0 bridgehead atoms. The van der Waals surface area contributed by atoms with E-state index >= 15 is 0 Å². The quantitative estimate of drug-likeness (QED) is 0.702. The van der Waals surface area contributed by atoms with Crippen molar-refractivity contribution in [2.75, 3.05) is 24.7 Å². The summed E-state index contributed by atoms with van der Waals surface area (Å²) in [5.41, 5.74) is 0. The Balaban J connectivity index is 2.50. The highest BCUT2D eigenvalue weighted by Crippen LogP contribution is 2.18. The summed E-state index contributed by atoms with van der Waals surface area (Å²) in [6.07, 6.45) is 3.34. The van der Waals surface area contributed by atoms with E-state index in [0.29, 0.717) is 11.5 Å². The van der Waals surface area contributed by atoms with Gasteiger partial charge in [-0.25, -0.2) is 4.98 Å². The first-order chi connectivity index (χ1) is 6.86. The zero-order chi connectivity index (χ0) is 10.2. The van der Waals surface area contributed by atoms with Crippen LogP contribution in [0.15, 0.2) is 22.4 Å². The zero-order valence-electron chi connectivity index (χ0n) is 7.59. The Morgan fingerprint density at radius 3 is 1.93 bits per heavy atom. The largest absolute Gasteiger partial charge is 0.396 e. The molecule has 0 unspecified atom stereocenters. The van der Waals surface area contributed by atoms with Crippen LogP contribution in [-0.2, 0) is 0 Å². The molecule has 0 atom stereocenters. The van der Waals surface area contributed by atoms with E-state index in [-0.39, 0.29) is 13.2 Å². The number of nitrogens with zero attached hydrogens (tertiary/aromatic N) is 2. The summed E-state index contributed by atoms with van der Waals surface area (Å²) in [6, 6.07) is 0. The van der Waals surface area contributed by atoms with Gasteiger partial charge in [0.15, 0.2) is 0 Å². The zero-order valence-corrected chi connectivity index (χ0v) is 9.22. The van der Waals surface area contributed by atoms with Crippen molar-refractivity contribution >= 4 is 23.5 Å². The molecule has 1 aromatic heterocycles. The third kappa shape index (κ3) is 4.28. The lowest BCUT2D eigenvalue weighted by Gasteiger charge is -2.01. The summed E-state index contributed by atoms with van der Waals surface area (Å²) in [7, 11) is 0. The smallest absolute Gasteiger partial charge is 0.116 e. The second-order valence-corrected chi connectivity index (χ2v) is 4.57. The average molecular weight is 232 g/mol. The van der Waals surface area contributed by atoms with Crippen LogP contribution in [0.1, 0.15) is 0 Å². The molecule has 1 aromatic rings. The molecule has 14 heavy (non-hydrogen) atoms. The van der Waals surface area contributed by atoms with Gasteiger partial charge < -0.3 is 10.2 Å². The monoisotopic (exact) mass is 232 g/mol. The van der Waals surface area contributed by atoms with Crippen molar-refractivity contribution in [3.05, 3.63) is 12.4 Å². The highest BCUT2D eigenvalue weighted by Gasteiger charge is 1.99. The van der Waals surface area contributed by atoms with E-state index in [1.165, 1.54) is 23.5 Å². The number of hydrogen-bond acceptors (Lipinski definition) is 6. The summed E-state index contributed by atoms with van der Waals surface area (Å²) < 4.78 is 0. The molecule has 1 heterocycles. The van der Waals surface area contributed by atoms with Gasteiger partial charge in [-0.3, -0.25) is 4.98 Å². The Morgan fingerprint density at radius 2 is 1.50 bits per heavy atom. The van der Waals surface area contributed by atoms with Crippen LogP contribution >= 0.6 is 23.5 Å². The number of aliphatic hydroxyl groups excluding tert-OH is 2. The molecule has 0 amide bonds. The first-order valence-corrected chi connectivity index (χ1v) is 6.13. The molecule has 0 fully saturated rings. The van der Waals surface area contributed by atoms with Crippen molar-refractivity contribution in [1.29, 1.82) is 0 Å². The molecule has 0 aliphatic heterocycles. The standard InChI is InChI=1S/C8H12N2O2S2/c11-1-3-13-7-5-9-6-8(10-7)14-4-2-12/h5-6,11-12H,1-4H2. The van der Waals surface area contributed by atoms with Gasteiger partial charge in [-0.1, -0.05) is 0 Å². The van der Waals surface area contributed by atoms with Crippen LogP contribution in [0.4, 0.5) is 0 Å². The maximum absolute atomic E-state index is 8.63. The minimum Gasteiger partial charge on any atom is -0.396 e. The Morgan fingerprint density at radius 1 is 1.00 bits per heavy atom. The molecular weight excluding hydrogens is 220 g/mol. The van der Waals surface area contributed by atoms with Gasteiger partial charge in [0.2, 0.25) is 0 Å². The van der Waals surface area contributed by atoms with Crippen LogP contribution in [0.5, 0.6) is 0 Å². The SMILES string of the molecule is OCCSc1cncc(SCCO)n1. The van der Waals surface area contributed by atoms with Crippen molar-refractivity contribution in [2.24, 2.45) is 0 Å². The molecule has 2 N–H and O–H groups in total. The second-order valence-electron chi connectivity index (χ2n) is 2.34. The average Bonchev–Trinajstić information content (AvgIpc) is 2.24. The predicted molar refractivity (Wildman–Crippen MR) is 57.7 cm³/mol. The Bertz CT molecular complexity index is 250. The molecule has 0 saturated heterocycles. The molecule has 0 spiro atoms. The highest BCUT2D eigenvalue weighted by molar-refractivity contribution is 7.99. The second kappa shape index (κ2) is 7.05. The lowest BCUT2D eigenvalue weighted by molar-refractivity contribution is 0.322. The lowest BCUT2D eigenvalue weighted by atomic mass is 10.8. The molecule has 0 aliphatic rings. The summed E-state index contributed by atoms with van der Waals surface area (Å²) in [5, 5.41) is 18.9. The number of hydrogen-bond donors (Lipinski definition) is 2. The van der Waals surface area contributed by atoms with E-state index < -0.39 is 0 Å². The summed E-state index contributed by atoms with van der Waals surface area (Å²) in [4.78, 5) is 8.31. The minimum absolute atomic E-state index is 0.139. The molecule has 6 heteroatoms. The van der Waals surface area contributed by atoms with Crippen LogP contribution in [0.2, 0.25) is 0 Å². The fourth-order valence-electron chi connectivity index (χ4n) is 0.771. The Hall–Kier alpha value is -0.300. The maximum atomic E-state index is 8.63. The normalized spacial score (nSPS) is 10.4. The van der Waals surface area contributed by atoms with Crippen LogP contribution < -0.4 is 0 Å². The molecule has 0 aliphatic carbocycles. The van der Waals surface area contributed by atoms with Crippen LogP contribution in [0.25, 0.3) is 0 Å². The molecule has 0 saturated carbocycles. The van der Waals surface area contributed by atoms with Gasteiger partial charge in [-0.05, 0) is 0 Å². The topological polar surface area (TPSA) is 66.2 Å². The van der Waals surface area contributed by atoms with Crippen LogP contribution in [0.3, 0.4) is 0 Å². The fraction of sp³-hybridized carbons (Fsp3) is 0.500. The van der Waals surface area contributed by atoms with Crippen molar-refractivity contribution in [3.63, 3.8) is 0 Å². The number of thioether (sulfide) groups is 2. The maximum Gasteiger partial charge on any atom is 0.116 e. The molecule has 1 rings (SSSR count). The van der Waals surface area contributed by atoms with E-state index in [0.717, 1.165) is 10.1 Å². The fourth-order valence-corrected chi connectivity index (χ4v) is 2.03. The Labute approximate surface area is 91.2 Å². The number of rotatable bonds is 6. The van der Waals surface area contributed by atoms with Gasteiger partial charge >= 0.3 is 0 Å². The number of aromatic nitrogens is 2. The predicted octanol–water partition coefficient (Wildman–Crippen LogP) is 0.645. The van der Waals surface area contributed by atoms with E-state index in [1.807, 2.05) is 0 Å². The van der Waals surface area contributed by atoms with Gasteiger partial charge in [0.1, 0.15) is 10.1 Å².